The molecule has 0 aromatic carbocycles. The number of pyridine rings is 2. The van der Waals surface area contributed by atoms with Gasteiger partial charge < -0.3 is 10.6 Å². The minimum Gasteiger partial charge on any atom is -0.324 e. The van der Waals surface area contributed by atoms with Gasteiger partial charge in [0.2, 0.25) is 5.91 Å². The Morgan fingerprint density at radius 1 is 1.15 bits per heavy atom. The van der Waals surface area contributed by atoms with E-state index in [0.717, 1.165) is 35.3 Å². The highest BCUT2D eigenvalue weighted by atomic mass is 16.2. The molecule has 1 aliphatic carbocycles. The van der Waals surface area contributed by atoms with Crippen LogP contribution in [0.4, 0.5) is 11.4 Å². The van der Waals surface area contributed by atoms with Gasteiger partial charge in [0, 0.05) is 35.0 Å². The van der Waals surface area contributed by atoms with Crippen molar-refractivity contribution in [2.75, 3.05) is 37.3 Å². The van der Waals surface area contributed by atoms with Crippen LogP contribution in [0.25, 0.3) is 5.57 Å². The van der Waals surface area contributed by atoms with Crippen molar-refractivity contribution in [1.82, 2.24) is 14.9 Å². The molecule has 3 aliphatic rings. The van der Waals surface area contributed by atoms with Crippen molar-refractivity contribution in [2.24, 2.45) is 0 Å². The van der Waals surface area contributed by atoms with Gasteiger partial charge in [-0.15, -0.1) is 0 Å². The van der Waals surface area contributed by atoms with Gasteiger partial charge in [-0.3, -0.25) is 28.9 Å². The number of nitrogens with zero attached hydrogens (tertiary/aromatic N) is 4. The summed E-state index contributed by atoms with van der Waals surface area (Å²) in [6.07, 6.45) is 17.8. The summed E-state index contributed by atoms with van der Waals surface area (Å²) in [6.45, 7) is 10.2. The lowest BCUT2D eigenvalue weighted by Crippen LogP contribution is -2.47. The highest BCUT2D eigenvalue weighted by Gasteiger charge is 2.50. The molecule has 1 saturated heterocycles. The van der Waals surface area contributed by atoms with E-state index in [9.17, 15) is 9.59 Å². The van der Waals surface area contributed by atoms with Crippen molar-refractivity contribution in [3.05, 3.63) is 77.5 Å². The maximum Gasteiger partial charge on any atom is 0.251 e. The van der Waals surface area contributed by atoms with Crippen LogP contribution < -0.4 is 10.6 Å². The lowest BCUT2D eigenvalue weighted by atomic mass is 10.00. The van der Waals surface area contributed by atoms with Crippen LogP contribution in [0.3, 0.4) is 0 Å². The van der Waals surface area contributed by atoms with Gasteiger partial charge in [0.15, 0.2) is 0 Å². The third kappa shape index (κ3) is 6.66. The monoisotopic (exact) mass is 555 g/mol. The Bertz CT molecular complexity index is 1410. The van der Waals surface area contributed by atoms with Crippen molar-refractivity contribution in [1.29, 1.82) is 0 Å². The zero-order valence-electron chi connectivity index (χ0n) is 25.0. The smallest absolute Gasteiger partial charge is 0.251 e. The number of anilines is 2. The number of allylic oxidation sites excluding steroid dienone is 2. The van der Waals surface area contributed by atoms with Crippen LogP contribution in [0.1, 0.15) is 62.9 Å². The zero-order chi connectivity index (χ0) is 29.2. The van der Waals surface area contributed by atoms with Crippen LogP contribution in [0.15, 0.2) is 60.6 Å². The highest BCUT2D eigenvalue weighted by Crippen LogP contribution is 2.49. The number of nitrogens with one attached hydrogen (secondary N) is 2. The molecule has 4 heterocycles. The molecule has 1 spiro atoms. The van der Waals surface area contributed by atoms with E-state index in [1.807, 2.05) is 39.1 Å². The van der Waals surface area contributed by atoms with Crippen molar-refractivity contribution in [3.63, 3.8) is 0 Å². The van der Waals surface area contributed by atoms with Crippen LogP contribution in [0.5, 0.6) is 0 Å². The van der Waals surface area contributed by atoms with Gasteiger partial charge in [0.05, 0.1) is 49.6 Å². The van der Waals surface area contributed by atoms with Crippen molar-refractivity contribution >= 4 is 28.8 Å². The Labute approximate surface area is 243 Å². The van der Waals surface area contributed by atoms with Gasteiger partial charge in [-0.05, 0) is 89.8 Å². The lowest BCUT2D eigenvalue weighted by Gasteiger charge is -2.37. The SMILES string of the molecule is CC(=CCC[N+]1(C)C=CC(c2ccc(C)nc2)=CC1C)C(=O)Nc1cc(NC(=O)CN2CCCC23CC3)cnc1C. The summed E-state index contributed by atoms with van der Waals surface area (Å²) in [4.78, 5) is 36.9. The number of rotatable bonds is 9. The second kappa shape index (κ2) is 11.7. The predicted octanol–water partition coefficient (Wildman–Crippen LogP) is 5.38. The number of hydrogen-bond donors (Lipinski definition) is 2. The highest BCUT2D eigenvalue weighted by molar-refractivity contribution is 6.04. The van der Waals surface area contributed by atoms with E-state index in [0.29, 0.717) is 35.2 Å². The second-order valence-corrected chi connectivity index (χ2v) is 12.2. The van der Waals surface area contributed by atoms with Crippen LogP contribution in [0, 0.1) is 13.8 Å². The Hall–Kier alpha value is -3.62. The lowest BCUT2D eigenvalue weighted by molar-refractivity contribution is -0.876. The minimum absolute atomic E-state index is 0.0349. The van der Waals surface area contributed by atoms with Gasteiger partial charge in [0.25, 0.3) is 5.91 Å². The largest absolute Gasteiger partial charge is 0.324 e. The Morgan fingerprint density at radius 3 is 2.66 bits per heavy atom. The third-order valence-corrected chi connectivity index (χ3v) is 9.13. The van der Waals surface area contributed by atoms with Crippen molar-refractivity contribution < 1.29 is 14.1 Å². The first-order valence-electron chi connectivity index (χ1n) is 14.8. The van der Waals surface area contributed by atoms with E-state index in [2.05, 4.69) is 63.9 Å². The van der Waals surface area contributed by atoms with Gasteiger partial charge in [-0.1, -0.05) is 12.1 Å². The molecule has 2 amide bonds. The fourth-order valence-electron chi connectivity index (χ4n) is 5.91. The van der Waals surface area contributed by atoms with Gasteiger partial charge >= 0.3 is 0 Å². The number of amides is 2. The van der Waals surface area contributed by atoms with Gasteiger partial charge in [-0.25, -0.2) is 0 Å². The average Bonchev–Trinajstić information content (AvgIpc) is 3.62. The van der Waals surface area contributed by atoms with Crippen LogP contribution in [-0.2, 0) is 9.59 Å². The molecule has 1 saturated carbocycles. The standard InChI is InChI=1S/C33H42N6O2/c1-23(8-6-16-39(5)17-11-27(18-25(39)3)28-10-9-24(2)34-20-28)32(41)37-30-19-29(21-35-26(30)4)36-31(40)22-38-15-7-12-33(38)13-14-33/h8-11,17-21,25H,6-7,12-16,22H2,1-5H3,(H-,36,37,40,41)/p+1. The average molecular weight is 556 g/mol. The first-order chi connectivity index (χ1) is 19.6. The molecular weight excluding hydrogens is 512 g/mol. The molecule has 8 nitrogen and oxygen atoms in total. The normalized spacial score (nSPS) is 23.4. The van der Waals surface area contributed by atoms with E-state index < -0.39 is 0 Å². The number of carbonyl (C=O) groups excluding carboxylic acids is 2. The number of hydrogen-bond acceptors (Lipinski definition) is 5. The minimum atomic E-state index is -0.162. The number of quaternary nitrogens is 1. The van der Waals surface area contributed by atoms with Gasteiger partial charge in [0.1, 0.15) is 6.04 Å². The predicted molar refractivity (Wildman–Crippen MR) is 164 cm³/mol. The number of carbonyl (C=O) groups is 2. The maximum atomic E-state index is 13.0. The molecule has 2 aromatic rings. The van der Waals surface area contributed by atoms with Crippen molar-refractivity contribution in [3.8, 4) is 0 Å². The topological polar surface area (TPSA) is 87.2 Å². The molecule has 0 bridgehead atoms. The molecule has 2 fully saturated rings. The number of likely N-dealkylation sites (tertiary alicyclic amines) is 1. The summed E-state index contributed by atoms with van der Waals surface area (Å²) in [5, 5.41) is 5.96. The summed E-state index contributed by atoms with van der Waals surface area (Å²) in [5.41, 5.74) is 6.18. The molecule has 2 N–H and O–H groups in total. The second-order valence-electron chi connectivity index (χ2n) is 12.2. The van der Waals surface area contributed by atoms with E-state index in [-0.39, 0.29) is 17.4 Å². The molecule has 2 aliphatic heterocycles. The number of aryl methyl sites for hydroxylation is 2. The third-order valence-electron chi connectivity index (χ3n) is 9.13. The molecule has 216 valence electrons. The summed E-state index contributed by atoms with van der Waals surface area (Å²) in [7, 11) is 2.22. The Balaban J connectivity index is 1.14. The molecule has 8 heteroatoms. The van der Waals surface area contributed by atoms with E-state index in [1.54, 1.807) is 12.3 Å². The molecular formula is C33H43N6O2+. The van der Waals surface area contributed by atoms with E-state index in [4.69, 9.17) is 0 Å². The summed E-state index contributed by atoms with van der Waals surface area (Å²) in [6, 6.07) is 6.25. The summed E-state index contributed by atoms with van der Waals surface area (Å²) in [5.74, 6) is -0.197. The van der Waals surface area contributed by atoms with Crippen LogP contribution in [0.2, 0.25) is 0 Å². The van der Waals surface area contributed by atoms with E-state index in [1.165, 1.54) is 31.3 Å². The van der Waals surface area contributed by atoms with Gasteiger partial charge in [-0.2, -0.15) is 0 Å². The Morgan fingerprint density at radius 2 is 1.95 bits per heavy atom. The fraction of sp³-hybridized carbons (Fsp3) is 0.455. The summed E-state index contributed by atoms with van der Waals surface area (Å²) < 4.78 is 0.761. The molecule has 41 heavy (non-hydrogen) atoms. The molecule has 5 rings (SSSR count). The number of aromatic nitrogens is 2. The van der Waals surface area contributed by atoms with E-state index >= 15 is 0 Å². The number of likely N-dealkylation sites (N-methyl/N-ethyl adjacent to an activating group) is 1. The zero-order valence-corrected chi connectivity index (χ0v) is 25.0. The first kappa shape index (κ1) is 28.9. The maximum absolute atomic E-state index is 13.0. The van der Waals surface area contributed by atoms with Crippen LogP contribution in [-0.4, -0.2) is 69.4 Å². The quantitative estimate of drug-likeness (QED) is 0.320. The molecule has 2 aromatic heterocycles. The molecule has 2 atom stereocenters. The fourth-order valence-corrected chi connectivity index (χ4v) is 5.91. The first-order valence-corrected chi connectivity index (χ1v) is 14.8. The van der Waals surface area contributed by atoms with Crippen molar-refractivity contribution in [2.45, 2.75) is 71.4 Å². The molecule has 0 radical (unpaired) electrons. The van der Waals surface area contributed by atoms with Crippen LogP contribution >= 0.6 is 0 Å². The molecule has 2 unspecified atom stereocenters. The Kier molecular flexibility index (Phi) is 8.25. The summed E-state index contributed by atoms with van der Waals surface area (Å²) >= 11 is 0.